The number of hydrogen-bond donors (Lipinski definition) is 4. The first-order valence-corrected chi connectivity index (χ1v) is 5.87. The van der Waals surface area contributed by atoms with Crippen molar-refractivity contribution in [2.24, 2.45) is 17.2 Å². The van der Waals surface area contributed by atoms with E-state index in [4.69, 9.17) is 17.2 Å². The van der Waals surface area contributed by atoms with Gasteiger partial charge in [-0.2, -0.15) is 0 Å². The molecule has 0 spiro atoms. The third-order valence-corrected chi connectivity index (χ3v) is 2.53. The zero-order chi connectivity index (χ0) is 15.0. The first-order chi connectivity index (χ1) is 8.73. The van der Waals surface area contributed by atoms with Crippen LogP contribution in [0.25, 0.3) is 0 Å². The minimum atomic E-state index is -0.928. The van der Waals surface area contributed by atoms with Gasteiger partial charge in [0.25, 0.3) is 0 Å². The highest BCUT2D eigenvalue weighted by molar-refractivity contribution is 5.90. The Bertz CT molecular complexity index is 370. The number of ketones is 1. The summed E-state index contributed by atoms with van der Waals surface area (Å²) in [6, 6.07) is -1.73. The van der Waals surface area contributed by atoms with Crippen molar-refractivity contribution in [2.75, 3.05) is 0 Å². The Hall–Kier alpha value is -1.96. The summed E-state index contributed by atoms with van der Waals surface area (Å²) in [5.41, 5.74) is 15.5. The van der Waals surface area contributed by atoms with Crippen molar-refractivity contribution in [3.63, 3.8) is 0 Å². The Morgan fingerprint density at radius 2 is 1.47 bits per heavy atom. The normalized spacial score (nSPS) is 13.4. The van der Waals surface area contributed by atoms with Crippen molar-refractivity contribution in [1.29, 1.82) is 0 Å². The number of rotatable bonds is 9. The molecule has 7 N–H and O–H groups in total. The van der Waals surface area contributed by atoms with Gasteiger partial charge in [-0.25, -0.2) is 0 Å². The molecule has 0 unspecified atom stereocenters. The highest BCUT2D eigenvalue weighted by Crippen LogP contribution is 2.01. The van der Waals surface area contributed by atoms with Crippen molar-refractivity contribution >= 4 is 23.5 Å². The maximum atomic E-state index is 11.7. The van der Waals surface area contributed by atoms with Gasteiger partial charge in [0.2, 0.25) is 17.7 Å². The van der Waals surface area contributed by atoms with Crippen LogP contribution in [0.1, 0.15) is 32.6 Å². The number of carbonyl (C=O) groups is 4. The summed E-state index contributed by atoms with van der Waals surface area (Å²) in [6.45, 7) is 1.29. The fourth-order valence-electron chi connectivity index (χ4n) is 1.37. The van der Waals surface area contributed by atoms with E-state index in [0.717, 1.165) is 0 Å². The van der Waals surface area contributed by atoms with Crippen LogP contribution in [-0.4, -0.2) is 35.6 Å². The van der Waals surface area contributed by atoms with Gasteiger partial charge in [0, 0.05) is 12.8 Å². The summed E-state index contributed by atoms with van der Waals surface area (Å²) in [7, 11) is 0. The number of primary amides is 2. The first kappa shape index (κ1) is 17.0. The molecule has 0 fully saturated rings. The van der Waals surface area contributed by atoms with Gasteiger partial charge >= 0.3 is 0 Å². The van der Waals surface area contributed by atoms with Gasteiger partial charge in [-0.3, -0.25) is 19.2 Å². The van der Waals surface area contributed by atoms with Crippen molar-refractivity contribution in [1.82, 2.24) is 5.32 Å². The molecule has 0 aliphatic carbocycles. The predicted molar refractivity (Wildman–Crippen MR) is 67.4 cm³/mol. The Kier molecular flexibility index (Phi) is 7.35. The van der Waals surface area contributed by atoms with Gasteiger partial charge in [0.15, 0.2) is 5.78 Å². The maximum absolute atomic E-state index is 11.7. The highest BCUT2D eigenvalue weighted by Gasteiger charge is 2.21. The molecule has 0 saturated carbocycles. The number of nitrogens with one attached hydrogen (secondary N) is 1. The second kappa shape index (κ2) is 8.20. The molecule has 0 aromatic carbocycles. The van der Waals surface area contributed by atoms with Crippen LogP contribution in [0.15, 0.2) is 0 Å². The van der Waals surface area contributed by atoms with E-state index >= 15 is 0 Å². The monoisotopic (exact) mass is 272 g/mol. The van der Waals surface area contributed by atoms with E-state index in [1.54, 1.807) is 0 Å². The molecule has 0 aromatic rings. The van der Waals surface area contributed by atoms with Crippen LogP contribution >= 0.6 is 0 Å². The number of Topliss-reactive ketones (excluding diaryl/α,β-unsaturated/α-hetero) is 1. The van der Waals surface area contributed by atoms with Gasteiger partial charge < -0.3 is 22.5 Å². The predicted octanol–water partition coefficient (Wildman–Crippen LogP) is -2.08. The molecule has 0 bridgehead atoms. The third-order valence-electron chi connectivity index (χ3n) is 2.53. The molecule has 0 saturated heterocycles. The number of amides is 3. The SMILES string of the molecule is CC(=O)[C@H](CCC(N)=O)NC(=O)[C@@H](N)CCC(N)=O. The summed E-state index contributed by atoms with van der Waals surface area (Å²) >= 11 is 0. The molecule has 0 aliphatic heterocycles. The van der Waals surface area contributed by atoms with Crippen LogP contribution in [0.4, 0.5) is 0 Å². The summed E-state index contributed by atoms with van der Waals surface area (Å²) in [5, 5.41) is 2.42. The summed E-state index contributed by atoms with van der Waals surface area (Å²) in [5.74, 6) is -1.97. The van der Waals surface area contributed by atoms with Gasteiger partial charge in [-0.15, -0.1) is 0 Å². The van der Waals surface area contributed by atoms with E-state index in [1.807, 2.05) is 0 Å². The van der Waals surface area contributed by atoms with Crippen molar-refractivity contribution < 1.29 is 19.2 Å². The second-order valence-corrected chi connectivity index (χ2v) is 4.29. The van der Waals surface area contributed by atoms with E-state index in [1.165, 1.54) is 6.92 Å². The fraction of sp³-hybridized carbons (Fsp3) is 0.636. The van der Waals surface area contributed by atoms with Crippen LogP contribution in [0.5, 0.6) is 0 Å². The fourth-order valence-corrected chi connectivity index (χ4v) is 1.37. The lowest BCUT2D eigenvalue weighted by molar-refractivity contribution is -0.128. The average molecular weight is 272 g/mol. The Morgan fingerprint density at radius 3 is 1.89 bits per heavy atom. The molecule has 3 amide bonds. The standard InChI is InChI=1S/C11H20N4O4/c1-6(16)8(3-5-10(14)18)15-11(19)7(12)2-4-9(13)17/h7-8H,2-5,12H2,1H3,(H2,13,17)(H2,14,18)(H,15,19)/t7-,8-/m0/s1. The van der Waals surface area contributed by atoms with E-state index in [-0.39, 0.29) is 31.5 Å². The molecular weight excluding hydrogens is 252 g/mol. The number of hydrogen-bond acceptors (Lipinski definition) is 5. The lowest BCUT2D eigenvalue weighted by Crippen LogP contribution is -2.48. The molecular formula is C11H20N4O4. The quantitative estimate of drug-likeness (QED) is 0.378. The Morgan fingerprint density at radius 1 is 1.00 bits per heavy atom. The highest BCUT2D eigenvalue weighted by atomic mass is 16.2. The van der Waals surface area contributed by atoms with Gasteiger partial charge in [-0.1, -0.05) is 0 Å². The lowest BCUT2D eigenvalue weighted by Gasteiger charge is -2.18. The van der Waals surface area contributed by atoms with Crippen molar-refractivity contribution in [3.8, 4) is 0 Å². The molecule has 0 aromatic heterocycles. The zero-order valence-corrected chi connectivity index (χ0v) is 10.8. The number of carbonyl (C=O) groups excluding carboxylic acids is 4. The summed E-state index contributed by atoms with van der Waals surface area (Å²) in [6.07, 6.45) is 0.197. The number of nitrogens with two attached hydrogens (primary N) is 3. The van der Waals surface area contributed by atoms with E-state index in [9.17, 15) is 19.2 Å². The molecule has 0 radical (unpaired) electrons. The van der Waals surface area contributed by atoms with E-state index in [2.05, 4.69) is 5.32 Å². The molecule has 0 heterocycles. The topological polar surface area (TPSA) is 158 Å². The van der Waals surface area contributed by atoms with Crippen LogP contribution in [0, 0.1) is 0 Å². The van der Waals surface area contributed by atoms with Crippen LogP contribution < -0.4 is 22.5 Å². The zero-order valence-electron chi connectivity index (χ0n) is 10.8. The molecule has 2 atom stereocenters. The van der Waals surface area contributed by atoms with Gasteiger partial charge in [-0.05, 0) is 19.8 Å². The largest absolute Gasteiger partial charge is 0.370 e. The summed E-state index contributed by atoms with van der Waals surface area (Å²) in [4.78, 5) is 44.2. The van der Waals surface area contributed by atoms with Gasteiger partial charge in [0.05, 0.1) is 12.1 Å². The molecule has 0 aliphatic rings. The van der Waals surface area contributed by atoms with Gasteiger partial charge in [0.1, 0.15) is 0 Å². The lowest BCUT2D eigenvalue weighted by atomic mass is 10.1. The van der Waals surface area contributed by atoms with E-state index < -0.39 is 29.8 Å². The Balaban J connectivity index is 4.33. The van der Waals surface area contributed by atoms with Crippen molar-refractivity contribution in [2.45, 2.75) is 44.7 Å². The minimum Gasteiger partial charge on any atom is -0.370 e. The molecule has 0 rings (SSSR count). The smallest absolute Gasteiger partial charge is 0.237 e. The van der Waals surface area contributed by atoms with Crippen LogP contribution in [0.2, 0.25) is 0 Å². The second-order valence-electron chi connectivity index (χ2n) is 4.29. The minimum absolute atomic E-state index is 0.0128. The average Bonchev–Trinajstić information content (AvgIpc) is 2.30. The summed E-state index contributed by atoms with van der Waals surface area (Å²) < 4.78 is 0. The molecule has 8 nitrogen and oxygen atoms in total. The molecule has 8 heteroatoms. The van der Waals surface area contributed by atoms with E-state index in [0.29, 0.717) is 0 Å². The first-order valence-electron chi connectivity index (χ1n) is 5.87. The van der Waals surface area contributed by atoms with Crippen LogP contribution in [-0.2, 0) is 19.2 Å². The van der Waals surface area contributed by atoms with Crippen LogP contribution in [0.3, 0.4) is 0 Å². The third kappa shape index (κ3) is 7.87. The molecule has 19 heavy (non-hydrogen) atoms. The maximum Gasteiger partial charge on any atom is 0.237 e. The Labute approximate surface area is 111 Å². The molecule has 108 valence electrons. The van der Waals surface area contributed by atoms with Crippen molar-refractivity contribution in [3.05, 3.63) is 0 Å².